The smallest absolute Gasteiger partial charge is 0.320 e. The minimum Gasteiger partial charge on any atom is -0.465 e. The minimum atomic E-state index is -0.183. The number of piperidine rings is 1. The lowest BCUT2D eigenvalue weighted by Crippen LogP contribution is -2.51. The predicted molar refractivity (Wildman–Crippen MR) is 154 cm³/mol. The number of hydrogen-bond donors (Lipinski definition) is 0. The molecule has 3 atom stereocenters. The monoisotopic (exact) mass is 535 g/mol. The fraction of sp³-hybridized carbons (Fsp3) is 0.710. The molecule has 1 unspecified atom stereocenters. The van der Waals surface area contributed by atoms with Gasteiger partial charge in [-0.2, -0.15) is 0 Å². The molecule has 2 bridgehead atoms. The van der Waals surface area contributed by atoms with Gasteiger partial charge in [-0.25, -0.2) is 4.98 Å². The van der Waals surface area contributed by atoms with Crippen LogP contribution in [0.2, 0.25) is 0 Å². The number of carbonyl (C=O) groups is 1. The van der Waals surface area contributed by atoms with Crippen molar-refractivity contribution in [3.05, 3.63) is 34.6 Å². The van der Waals surface area contributed by atoms with Crippen molar-refractivity contribution in [2.24, 2.45) is 0 Å². The van der Waals surface area contributed by atoms with Crippen LogP contribution >= 0.6 is 0 Å². The van der Waals surface area contributed by atoms with Crippen molar-refractivity contribution < 1.29 is 9.53 Å². The number of hydrogen-bond acceptors (Lipinski definition) is 7. The van der Waals surface area contributed by atoms with Crippen molar-refractivity contribution in [1.29, 1.82) is 0 Å². The van der Waals surface area contributed by atoms with Crippen LogP contribution in [-0.4, -0.2) is 82.8 Å². The van der Waals surface area contributed by atoms with Crippen molar-refractivity contribution in [3.8, 4) is 0 Å². The summed E-state index contributed by atoms with van der Waals surface area (Å²) in [5.74, 6) is 0.386. The summed E-state index contributed by atoms with van der Waals surface area (Å²) in [6, 6.07) is 10.3. The molecule has 4 heterocycles. The average Bonchev–Trinajstić information content (AvgIpc) is 3.17. The molecule has 39 heavy (non-hydrogen) atoms. The first-order valence-corrected chi connectivity index (χ1v) is 15.5. The lowest BCUT2D eigenvalue weighted by atomic mass is 9.89. The molecule has 2 aromatic rings. The largest absolute Gasteiger partial charge is 0.465 e. The molecule has 8 heteroatoms. The van der Waals surface area contributed by atoms with Gasteiger partial charge in [-0.3, -0.25) is 19.4 Å². The van der Waals surface area contributed by atoms with Crippen LogP contribution in [0.15, 0.2) is 29.1 Å². The Kier molecular flexibility index (Phi) is 8.21. The Morgan fingerprint density at radius 1 is 0.872 bits per heavy atom. The molecule has 8 nitrogen and oxygen atoms in total. The van der Waals surface area contributed by atoms with Crippen LogP contribution in [-0.2, 0) is 9.53 Å². The van der Waals surface area contributed by atoms with Crippen LogP contribution in [0.5, 0.6) is 0 Å². The Labute approximate surface area is 232 Å². The molecule has 1 aromatic heterocycles. The number of fused-ring (bicyclic) bond motifs is 3. The fourth-order valence-corrected chi connectivity index (χ4v) is 7.94. The SMILES string of the molecule is CCOC(=O)CN1CCN(c2nc3ccccc3n([C@H]3CC4CC[C@@H](C3)N4C3CCCCCCC3)c2=O)CC1. The van der Waals surface area contributed by atoms with E-state index in [0.29, 0.717) is 44.1 Å². The van der Waals surface area contributed by atoms with Crippen LogP contribution in [0.3, 0.4) is 0 Å². The van der Waals surface area contributed by atoms with Gasteiger partial charge in [0.2, 0.25) is 0 Å². The van der Waals surface area contributed by atoms with Crippen molar-refractivity contribution in [2.75, 3.05) is 44.2 Å². The highest BCUT2D eigenvalue weighted by atomic mass is 16.5. The van der Waals surface area contributed by atoms with Gasteiger partial charge in [0.25, 0.3) is 5.56 Å². The van der Waals surface area contributed by atoms with E-state index in [1.165, 1.54) is 57.8 Å². The van der Waals surface area contributed by atoms with Crippen LogP contribution in [0, 0.1) is 0 Å². The number of anilines is 1. The number of rotatable bonds is 6. The Bertz CT molecular complexity index is 1180. The standard InChI is InChI=1S/C31H45N5O3/c1-2-39-29(37)22-33-16-18-34(19-17-33)30-31(38)36(28-13-9-8-12-27(28)32-30)26-20-24-14-15-25(21-26)35(24)23-10-6-4-3-5-7-11-23/h8-9,12-13,23-26H,2-7,10-11,14-22H2,1H3/t24-,25?,26+/m0/s1. The lowest BCUT2D eigenvalue weighted by molar-refractivity contribution is -0.144. The molecule has 212 valence electrons. The molecule has 4 fully saturated rings. The molecule has 4 aliphatic rings. The van der Waals surface area contributed by atoms with Gasteiger partial charge in [0.15, 0.2) is 5.82 Å². The highest BCUT2D eigenvalue weighted by Gasteiger charge is 2.44. The molecule has 1 aliphatic carbocycles. The normalized spacial score (nSPS) is 27.4. The molecule has 0 N–H and O–H groups in total. The summed E-state index contributed by atoms with van der Waals surface area (Å²) in [5, 5.41) is 0. The van der Waals surface area contributed by atoms with E-state index < -0.39 is 0 Å². The third-order valence-corrected chi connectivity index (χ3v) is 9.73. The quantitative estimate of drug-likeness (QED) is 0.509. The summed E-state index contributed by atoms with van der Waals surface area (Å²) in [7, 11) is 0. The third-order valence-electron chi connectivity index (χ3n) is 9.73. The maximum atomic E-state index is 14.2. The average molecular weight is 536 g/mol. The van der Waals surface area contributed by atoms with Crippen molar-refractivity contribution in [1.82, 2.24) is 19.4 Å². The summed E-state index contributed by atoms with van der Waals surface area (Å²) in [4.78, 5) is 38.2. The number of aromatic nitrogens is 2. The van der Waals surface area contributed by atoms with Gasteiger partial charge in [-0.1, -0.05) is 44.2 Å². The molecule has 3 saturated heterocycles. The third kappa shape index (κ3) is 5.60. The van der Waals surface area contributed by atoms with Gasteiger partial charge in [-0.05, 0) is 57.6 Å². The number of piperazine rings is 1. The molecular weight excluding hydrogens is 490 g/mol. The second-order valence-corrected chi connectivity index (χ2v) is 12.1. The number of esters is 1. The van der Waals surface area contributed by atoms with E-state index in [0.717, 1.165) is 43.0 Å². The zero-order chi connectivity index (χ0) is 26.8. The predicted octanol–water partition coefficient (Wildman–Crippen LogP) is 4.36. The second-order valence-electron chi connectivity index (χ2n) is 12.1. The summed E-state index contributed by atoms with van der Waals surface area (Å²) >= 11 is 0. The molecule has 0 spiro atoms. The van der Waals surface area contributed by atoms with Gasteiger partial charge in [0.1, 0.15) is 0 Å². The van der Waals surface area contributed by atoms with Gasteiger partial charge >= 0.3 is 5.97 Å². The number of carbonyl (C=O) groups excluding carboxylic acids is 1. The van der Waals surface area contributed by atoms with Gasteiger partial charge in [0, 0.05) is 50.3 Å². The highest BCUT2D eigenvalue weighted by Crippen LogP contribution is 2.44. The number of nitrogens with zero attached hydrogens (tertiary/aromatic N) is 5. The van der Waals surface area contributed by atoms with Crippen LogP contribution < -0.4 is 10.5 Å². The van der Waals surface area contributed by atoms with E-state index >= 15 is 0 Å². The number of benzene rings is 1. The van der Waals surface area contributed by atoms with Crippen LogP contribution in [0.25, 0.3) is 11.0 Å². The van der Waals surface area contributed by atoms with Gasteiger partial charge in [0.05, 0.1) is 24.2 Å². The Hall–Kier alpha value is -2.45. The summed E-state index contributed by atoms with van der Waals surface area (Å²) in [6.45, 7) is 5.35. The molecule has 1 aromatic carbocycles. The molecule has 1 saturated carbocycles. The van der Waals surface area contributed by atoms with E-state index in [1.54, 1.807) is 0 Å². The highest BCUT2D eigenvalue weighted by molar-refractivity contribution is 5.76. The van der Waals surface area contributed by atoms with Gasteiger partial charge < -0.3 is 14.2 Å². The molecule has 3 aliphatic heterocycles. The first-order valence-electron chi connectivity index (χ1n) is 15.5. The van der Waals surface area contributed by atoms with E-state index in [2.05, 4.69) is 25.3 Å². The maximum absolute atomic E-state index is 14.2. The lowest BCUT2D eigenvalue weighted by Gasteiger charge is -2.45. The Balaban J connectivity index is 1.23. The molecule has 0 amide bonds. The number of ether oxygens (including phenoxy) is 1. The topological polar surface area (TPSA) is 70.9 Å². The summed E-state index contributed by atoms with van der Waals surface area (Å²) in [5.41, 5.74) is 1.92. The Morgan fingerprint density at radius 3 is 2.23 bits per heavy atom. The van der Waals surface area contributed by atoms with Crippen LogP contribution in [0.4, 0.5) is 5.82 Å². The minimum absolute atomic E-state index is 0.0522. The summed E-state index contributed by atoms with van der Waals surface area (Å²) < 4.78 is 7.24. The second kappa shape index (κ2) is 12.0. The first kappa shape index (κ1) is 26.8. The van der Waals surface area contributed by atoms with Crippen LogP contribution in [0.1, 0.15) is 83.6 Å². The zero-order valence-electron chi connectivity index (χ0n) is 23.6. The van der Waals surface area contributed by atoms with Gasteiger partial charge in [-0.15, -0.1) is 0 Å². The van der Waals surface area contributed by atoms with E-state index in [-0.39, 0.29) is 17.6 Å². The van der Waals surface area contributed by atoms with Crippen molar-refractivity contribution >= 4 is 22.8 Å². The Morgan fingerprint density at radius 2 is 1.54 bits per heavy atom. The van der Waals surface area contributed by atoms with E-state index in [9.17, 15) is 9.59 Å². The molecular formula is C31H45N5O3. The summed E-state index contributed by atoms with van der Waals surface area (Å²) in [6.07, 6.45) is 14.3. The molecule has 0 radical (unpaired) electrons. The maximum Gasteiger partial charge on any atom is 0.320 e. The first-order chi connectivity index (χ1) is 19.1. The van der Waals surface area contributed by atoms with E-state index in [4.69, 9.17) is 9.72 Å². The zero-order valence-corrected chi connectivity index (χ0v) is 23.6. The number of para-hydroxylation sites is 2. The van der Waals surface area contributed by atoms with Crippen molar-refractivity contribution in [2.45, 2.75) is 102 Å². The van der Waals surface area contributed by atoms with E-state index in [1.807, 2.05) is 25.1 Å². The van der Waals surface area contributed by atoms with Crippen molar-refractivity contribution in [3.63, 3.8) is 0 Å². The fourth-order valence-electron chi connectivity index (χ4n) is 7.94. The molecule has 6 rings (SSSR count).